The van der Waals surface area contributed by atoms with E-state index >= 15 is 0 Å². The van der Waals surface area contributed by atoms with Crippen LogP contribution in [0.1, 0.15) is 233 Å². The van der Waals surface area contributed by atoms with Gasteiger partial charge in [-0.25, -0.2) is 4.89 Å². The Bertz CT molecular complexity index is 2950. The first-order valence-electron chi connectivity index (χ1n) is 36.6. The van der Waals surface area contributed by atoms with Crippen LogP contribution in [0.3, 0.4) is 0 Å². The Kier molecular flexibility index (Phi) is 79.2. The van der Waals surface area contributed by atoms with Crippen LogP contribution in [0, 0.1) is 47.4 Å². The van der Waals surface area contributed by atoms with Gasteiger partial charge in [-0.2, -0.15) is 0 Å². The van der Waals surface area contributed by atoms with Crippen molar-refractivity contribution in [2.75, 3.05) is 0 Å². The Morgan fingerprint density at radius 1 is 0.353 bits per heavy atom. The number of aliphatic hydroxyl groups excluding tert-OH is 2. The molecule has 0 radical (unpaired) electrons. The lowest BCUT2D eigenvalue weighted by atomic mass is 10.1. The van der Waals surface area contributed by atoms with Gasteiger partial charge in [0.15, 0.2) is 0 Å². The molecule has 13 heteroatoms. The third-order valence-corrected chi connectivity index (χ3v) is 13.5. The van der Waals surface area contributed by atoms with Crippen molar-refractivity contribution < 1.29 is 64.7 Å². The van der Waals surface area contributed by atoms with E-state index < -0.39 is 36.1 Å². The summed E-state index contributed by atoms with van der Waals surface area (Å²) >= 11 is 0. The van der Waals surface area contributed by atoms with Gasteiger partial charge in [0.05, 0.1) is 49.8 Å². The molecule has 0 amide bonds. The Labute approximate surface area is 615 Å². The maximum Gasteiger partial charge on any atom is 0.304 e. The number of aliphatic hydroxyl groups is 2. The summed E-state index contributed by atoms with van der Waals surface area (Å²) in [4.78, 5) is 45.7. The fourth-order valence-corrected chi connectivity index (χ4v) is 7.94. The highest BCUT2D eigenvalue weighted by Crippen LogP contribution is 2.29. The van der Waals surface area contributed by atoms with Crippen LogP contribution in [0.4, 0.5) is 0 Å². The van der Waals surface area contributed by atoms with Gasteiger partial charge in [-0.05, 0) is 128 Å². The number of allylic oxidation sites excluding steroid dienone is 29. The first kappa shape index (κ1) is 97.4. The van der Waals surface area contributed by atoms with Crippen LogP contribution in [0.25, 0.3) is 0 Å². The summed E-state index contributed by atoms with van der Waals surface area (Å²) in [6.45, 7) is 8.43. The van der Waals surface area contributed by atoms with Gasteiger partial charge in [-0.15, -0.1) is 23.7 Å². The van der Waals surface area contributed by atoms with E-state index in [4.69, 9.17) is 30.4 Å². The molecule has 1 unspecified atom stereocenters. The van der Waals surface area contributed by atoms with E-state index in [0.717, 1.165) is 116 Å². The molecule has 1 aliphatic rings. The highest BCUT2D eigenvalue weighted by atomic mass is 17.1. The third-order valence-electron chi connectivity index (χ3n) is 13.5. The van der Waals surface area contributed by atoms with Crippen molar-refractivity contribution in [1.82, 2.24) is 0 Å². The molecule has 0 aromatic carbocycles. The zero-order chi connectivity index (χ0) is 75.4. The van der Waals surface area contributed by atoms with Gasteiger partial charge >= 0.3 is 23.9 Å². The fraction of sp³-hybridized carbons (Fsp3) is 0.461. The van der Waals surface area contributed by atoms with Crippen molar-refractivity contribution in [1.29, 1.82) is 0 Å². The molecule has 1 rings (SSSR count). The molecule has 0 aliphatic carbocycles. The SMILES string of the molecule is CC/C=C\C/C=C\C/C=C\C/C=C\C/C=C\CC#CCCCC(=O)O.CC/C=C\CC1O[C@@H]1C/C=C\C/C=C\C/C=C\CC#CCCC(=O)O.CC/C=C\C[C@@H](CC/C=C\C/C=C\C/C=C\CC#CCCC(=O)O)OO.CC/C=C\C[C@H](O)/C=C/C=C\C=C\[C@@H](O)C/C=C\CC#CCCC(=O)O. The molecule has 0 spiro atoms. The second-order valence-electron chi connectivity index (χ2n) is 22.7. The van der Waals surface area contributed by atoms with Crippen molar-refractivity contribution in [2.24, 2.45) is 0 Å². The molecule has 0 saturated carbocycles. The summed E-state index contributed by atoms with van der Waals surface area (Å²) < 4.78 is 5.61. The molecule has 1 heterocycles. The van der Waals surface area contributed by atoms with E-state index in [2.05, 4.69) is 220 Å². The van der Waals surface area contributed by atoms with Crippen LogP contribution in [0.5, 0.6) is 0 Å². The van der Waals surface area contributed by atoms with Crippen LogP contribution in [0.2, 0.25) is 0 Å². The van der Waals surface area contributed by atoms with Crippen molar-refractivity contribution in [3.63, 3.8) is 0 Å². The predicted octanol–water partition coefficient (Wildman–Crippen LogP) is 21.2. The molecule has 1 aliphatic heterocycles. The molecule has 13 nitrogen and oxygen atoms in total. The van der Waals surface area contributed by atoms with Gasteiger partial charge < -0.3 is 35.4 Å². The van der Waals surface area contributed by atoms with E-state index in [0.29, 0.717) is 76.4 Å². The maximum atomic E-state index is 10.3. The minimum absolute atomic E-state index is 0.0673. The molecule has 558 valence electrons. The monoisotopic (exact) mass is 1400 g/mol. The number of unbranched alkanes of at least 4 members (excludes halogenated alkanes) is 1. The van der Waals surface area contributed by atoms with Crippen molar-refractivity contribution in [3.05, 3.63) is 219 Å². The number of aliphatic carboxylic acids is 4. The number of hydrogen-bond acceptors (Lipinski definition) is 9. The first-order valence-corrected chi connectivity index (χ1v) is 36.6. The van der Waals surface area contributed by atoms with Crippen LogP contribution in [0.15, 0.2) is 219 Å². The summed E-state index contributed by atoms with van der Waals surface area (Å²) in [5, 5.41) is 62.2. The van der Waals surface area contributed by atoms with E-state index in [-0.39, 0.29) is 31.8 Å². The minimum atomic E-state index is -0.838. The zero-order valence-corrected chi connectivity index (χ0v) is 61.9. The van der Waals surface area contributed by atoms with E-state index in [1.165, 1.54) is 0 Å². The molecule has 1 fully saturated rings. The maximum absolute atomic E-state index is 10.3. The molecular weight excluding hydrogens is 1280 g/mol. The van der Waals surface area contributed by atoms with Crippen LogP contribution >= 0.6 is 0 Å². The van der Waals surface area contributed by atoms with Gasteiger partial charge in [0, 0.05) is 57.8 Å². The first-order chi connectivity index (χ1) is 49.8. The summed E-state index contributed by atoms with van der Waals surface area (Å²) in [6.07, 6.45) is 96.4. The second kappa shape index (κ2) is 82.9. The lowest BCUT2D eigenvalue weighted by molar-refractivity contribution is -0.278. The number of carboxylic acids is 4. The Balaban J connectivity index is -0.00000128. The number of epoxide rings is 1. The summed E-state index contributed by atoms with van der Waals surface area (Å²) in [5.74, 6) is 20.0. The lowest BCUT2D eigenvalue weighted by Crippen LogP contribution is -2.08. The number of rotatable bonds is 51. The molecule has 5 atom stereocenters. The van der Waals surface area contributed by atoms with Crippen LogP contribution in [-0.2, 0) is 28.8 Å². The van der Waals surface area contributed by atoms with Gasteiger partial charge in [0.2, 0.25) is 0 Å². The standard InChI is InChI=1S/C23H32O2.C22H30O4.C22H32O4.C22H30O3/c1-2-3-4-5-6-7-8-9-10-11-12-13-14-15-16-17-18-19-20-21-22-23(24)25;1-2-3-10-15-20(23)17-12-8-9-13-18-21(24)16-11-6-4-5-7-14-19-22(25)26;1-2-3-15-18-21(26-25)19-16-13-11-9-7-5-4-6-8-10-12-14-17-20-22(23)24;1-2-3-14-17-20-21(25-20)18-15-12-10-8-6-4-5-7-9-11-13-16-19-22(23)24/h3-4,6-7,9-10,12-13,15-16H,2,5,8,11,14,17,20-22H2,1H3,(H,24,25);3,6,8-13,17-18,20-21,23-24H,2,4,14-16,19H2,1H3,(H,25,26);3,5-8,11,13,15,21,25H,2,4,9-10,16-20H2,1H3,(H,23,24);3,5-8,12,14-15,20-21H,2,4,9-10,16-19H2,1H3,(H,23,24)/b4-3-,7-6-,10-9-,13-12-,16-15-;9-8-,10-3-,11-6-,17-12+,18-13+;7-5-,8-6-,13-11-,15-3-;7-5-,8-6-,14-3-,15-12-/t;20-,21-;21-;20?,21-/m.001/s1. The molecule has 0 aromatic heterocycles. The normalized spacial score (nSPS) is 14.9. The van der Waals surface area contributed by atoms with Crippen molar-refractivity contribution in [3.8, 4) is 47.4 Å². The lowest BCUT2D eigenvalue weighted by Gasteiger charge is -2.08. The van der Waals surface area contributed by atoms with E-state index in [9.17, 15) is 29.4 Å². The van der Waals surface area contributed by atoms with Gasteiger partial charge in [0.1, 0.15) is 0 Å². The summed E-state index contributed by atoms with van der Waals surface area (Å²) in [7, 11) is 0. The van der Waals surface area contributed by atoms with E-state index in [1.807, 2.05) is 42.5 Å². The predicted molar refractivity (Wildman–Crippen MR) is 425 cm³/mol. The third kappa shape index (κ3) is 89.3. The van der Waals surface area contributed by atoms with Gasteiger partial charge in [-0.3, -0.25) is 24.4 Å². The summed E-state index contributed by atoms with van der Waals surface area (Å²) in [6, 6.07) is 0. The molecule has 0 aromatic rings. The average molecular weight is 1400 g/mol. The number of carboxylic acid groups (broad SMARTS) is 4. The largest absolute Gasteiger partial charge is 0.481 e. The van der Waals surface area contributed by atoms with Gasteiger partial charge in [-0.1, -0.05) is 270 Å². The quantitative estimate of drug-likeness (QED) is 0.00572. The van der Waals surface area contributed by atoms with Crippen molar-refractivity contribution in [2.45, 2.75) is 264 Å². The zero-order valence-electron chi connectivity index (χ0n) is 61.9. The fourth-order valence-electron chi connectivity index (χ4n) is 7.94. The summed E-state index contributed by atoms with van der Waals surface area (Å²) in [5.41, 5.74) is 0. The highest BCUT2D eigenvalue weighted by molar-refractivity contribution is 5.68. The van der Waals surface area contributed by atoms with Crippen LogP contribution in [-0.4, -0.2) is 90.3 Å². The Morgan fingerprint density at radius 3 is 1.02 bits per heavy atom. The average Bonchev–Trinajstić information content (AvgIpc) is 1.71. The number of carbonyl (C=O) groups is 4. The number of ether oxygens (including phenoxy) is 1. The topological polar surface area (TPSA) is 232 Å². The minimum Gasteiger partial charge on any atom is -0.481 e. The van der Waals surface area contributed by atoms with E-state index in [1.54, 1.807) is 36.5 Å². The smallest absolute Gasteiger partial charge is 0.304 e. The molecule has 1 saturated heterocycles. The highest BCUT2D eigenvalue weighted by Gasteiger charge is 2.36. The Hall–Kier alpha value is -8.76. The van der Waals surface area contributed by atoms with Crippen molar-refractivity contribution >= 4 is 23.9 Å². The molecule has 102 heavy (non-hydrogen) atoms. The van der Waals surface area contributed by atoms with Gasteiger partial charge in [0.25, 0.3) is 0 Å². The second-order valence-corrected chi connectivity index (χ2v) is 22.7. The number of hydrogen-bond donors (Lipinski definition) is 7. The van der Waals surface area contributed by atoms with Crippen LogP contribution < -0.4 is 0 Å². The molecule has 0 bridgehead atoms. The Morgan fingerprint density at radius 2 is 0.647 bits per heavy atom. The molecular formula is C89H124O13. The molecule has 7 N–H and O–H groups in total.